The van der Waals surface area contributed by atoms with Crippen LogP contribution in [0.5, 0.6) is 5.75 Å². The third kappa shape index (κ3) is 5.09. The Morgan fingerprint density at radius 2 is 2.19 bits per heavy atom. The molecule has 0 spiro atoms. The SMILES string of the molecule is CS(=O)(=O)CCCOc1ccc(CO)nc1. The maximum absolute atomic E-state index is 10.8. The van der Waals surface area contributed by atoms with Crippen LogP contribution in [0, 0.1) is 0 Å². The smallest absolute Gasteiger partial charge is 0.147 e. The molecular weight excluding hydrogens is 230 g/mol. The molecule has 5 nitrogen and oxygen atoms in total. The summed E-state index contributed by atoms with van der Waals surface area (Å²) in [5.74, 6) is 0.695. The summed E-state index contributed by atoms with van der Waals surface area (Å²) in [4.78, 5) is 3.93. The molecule has 0 aliphatic heterocycles. The summed E-state index contributed by atoms with van der Waals surface area (Å²) in [5.41, 5.74) is 0.573. The van der Waals surface area contributed by atoms with Crippen molar-refractivity contribution in [2.45, 2.75) is 13.0 Å². The van der Waals surface area contributed by atoms with Crippen LogP contribution in [0.25, 0.3) is 0 Å². The average molecular weight is 245 g/mol. The number of aliphatic hydroxyl groups excluding tert-OH is 1. The number of hydrogen-bond acceptors (Lipinski definition) is 5. The highest BCUT2D eigenvalue weighted by Crippen LogP contribution is 2.09. The van der Waals surface area contributed by atoms with Crippen molar-refractivity contribution in [2.24, 2.45) is 0 Å². The van der Waals surface area contributed by atoms with Crippen LogP contribution in [-0.4, -0.2) is 37.1 Å². The van der Waals surface area contributed by atoms with Crippen LogP contribution in [-0.2, 0) is 16.4 Å². The molecule has 0 fully saturated rings. The van der Waals surface area contributed by atoms with Gasteiger partial charge in [-0.2, -0.15) is 0 Å². The molecule has 90 valence electrons. The largest absolute Gasteiger partial charge is 0.492 e. The van der Waals surface area contributed by atoms with Gasteiger partial charge >= 0.3 is 0 Å². The number of hydrogen-bond donors (Lipinski definition) is 1. The number of aliphatic hydroxyl groups is 1. The number of nitrogens with zero attached hydrogens (tertiary/aromatic N) is 1. The van der Waals surface area contributed by atoms with Gasteiger partial charge in [0, 0.05) is 6.26 Å². The number of aromatic nitrogens is 1. The second-order valence-corrected chi connectivity index (χ2v) is 5.73. The Bertz CT molecular complexity index is 413. The fourth-order valence-corrected chi connectivity index (χ4v) is 1.74. The van der Waals surface area contributed by atoms with Gasteiger partial charge < -0.3 is 9.84 Å². The molecule has 16 heavy (non-hydrogen) atoms. The van der Waals surface area contributed by atoms with Crippen LogP contribution < -0.4 is 4.74 Å². The first kappa shape index (κ1) is 12.9. The summed E-state index contributed by atoms with van der Waals surface area (Å²) in [6.45, 7) is 0.238. The molecule has 1 N–H and O–H groups in total. The van der Waals surface area contributed by atoms with E-state index in [4.69, 9.17) is 9.84 Å². The monoisotopic (exact) mass is 245 g/mol. The fraction of sp³-hybridized carbons (Fsp3) is 0.500. The second-order valence-electron chi connectivity index (χ2n) is 3.48. The summed E-state index contributed by atoms with van der Waals surface area (Å²) < 4.78 is 27.0. The van der Waals surface area contributed by atoms with E-state index in [1.54, 1.807) is 12.1 Å². The van der Waals surface area contributed by atoms with E-state index in [9.17, 15) is 8.42 Å². The molecule has 0 unspecified atom stereocenters. The van der Waals surface area contributed by atoms with Gasteiger partial charge in [0.25, 0.3) is 0 Å². The number of ether oxygens (including phenoxy) is 1. The highest BCUT2D eigenvalue weighted by molar-refractivity contribution is 7.90. The topological polar surface area (TPSA) is 76.5 Å². The van der Waals surface area contributed by atoms with Gasteiger partial charge in [0.15, 0.2) is 0 Å². The molecule has 1 rings (SSSR count). The Morgan fingerprint density at radius 1 is 1.44 bits per heavy atom. The summed E-state index contributed by atoms with van der Waals surface area (Å²) in [6, 6.07) is 3.35. The van der Waals surface area contributed by atoms with Gasteiger partial charge in [-0.15, -0.1) is 0 Å². The van der Waals surface area contributed by atoms with Gasteiger partial charge in [-0.05, 0) is 18.6 Å². The van der Waals surface area contributed by atoms with E-state index in [2.05, 4.69) is 4.98 Å². The molecule has 0 aliphatic carbocycles. The van der Waals surface area contributed by atoms with Gasteiger partial charge in [-0.25, -0.2) is 8.42 Å². The van der Waals surface area contributed by atoms with Crippen LogP contribution in [0.4, 0.5) is 0 Å². The van der Waals surface area contributed by atoms with Gasteiger partial charge in [0.1, 0.15) is 15.6 Å². The number of rotatable bonds is 6. The molecule has 0 radical (unpaired) electrons. The Labute approximate surface area is 95.0 Å². The molecule has 0 saturated heterocycles. The molecule has 0 atom stereocenters. The summed E-state index contributed by atoms with van der Waals surface area (Å²) in [7, 11) is -2.92. The lowest BCUT2D eigenvalue weighted by atomic mass is 10.3. The highest BCUT2D eigenvalue weighted by Gasteiger charge is 2.02. The third-order valence-electron chi connectivity index (χ3n) is 1.89. The molecule has 0 aliphatic rings. The zero-order chi connectivity index (χ0) is 12.0. The highest BCUT2D eigenvalue weighted by atomic mass is 32.2. The van der Waals surface area contributed by atoms with Crippen LogP contribution in [0.15, 0.2) is 18.3 Å². The number of sulfone groups is 1. The molecular formula is C10H15NO4S. The van der Waals surface area contributed by atoms with E-state index in [1.807, 2.05) is 0 Å². The number of pyridine rings is 1. The maximum atomic E-state index is 10.8. The van der Waals surface area contributed by atoms with E-state index in [0.717, 1.165) is 0 Å². The quantitative estimate of drug-likeness (QED) is 0.733. The lowest BCUT2D eigenvalue weighted by Gasteiger charge is -2.05. The van der Waals surface area contributed by atoms with Crippen LogP contribution in [0.2, 0.25) is 0 Å². The first-order valence-corrected chi connectivity index (χ1v) is 6.93. The molecule has 0 aromatic carbocycles. The maximum Gasteiger partial charge on any atom is 0.147 e. The van der Waals surface area contributed by atoms with Crippen LogP contribution in [0.3, 0.4) is 0 Å². The first-order valence-electron chi connectivity index (χ1n) is 4.87. The Hall–Kier alpha value is -1.14. The van der Waals surface area contributed by atoms with Crippen molar-refractivity contribution >= 4 is 9.84 Å². The fourth-order valence-electron chi connectivity index (χ4n) is 1.10. The predicted octanol–water partition coefficient (Wildman–Crippen LogP) is 0.387. The van der Waals surface area contributed by atoms with Crippen molar-refractivity contribution < 1.29 is 18.3 Å². The Morgan fingerprint density at radius 3 is 2.69 bits per heavy atom. The van der Waals surface area contributed by atoms with Crippen LogP contribution in [0.1, 0.15) is 12.1 Å². The predicted molar refractivity (Wildman–Crippen MR) is 60.0 cm³/mol. The molecule has 1 aromatic rings. The normalized spacial score (nSPS) is 11.4. The Balaban J connectivity index is 2.32. The second kappa shape index (κ2) is 5.81. The van der Waals surface area contributed by atoms with Crippen molar-refractivity contribution in [3.8, 4) is 5.75 Å². The minimum Gasteiger partial charge on any atom is -0.492 e. The molecule has 1 heterocycles. The minimum absolute atomic E-state index is 0.103. The molecule has 0 amide bonds. The van der Waals surface area contributed by atoms with Gasteiger partial charge in [0.05, 0.1) is 30.9 Å². The van der Waals surface area contributed by atoms with Crippen molar-refractivity contribution in [1.29, 1.82) is 0 Å². The lowest BCUT2D eigenvalue weighted by Crippen LogP contribution is -2.08. The van der Waals surface area contributed by atoms with Crippen molar-refractivity contribution in [3.05, 3.63) is 24.0 Å². The van der Waals surface area contributed by atoms with Gasteiger partial charge in [-0.1, -0.05) is 0 Å². The van der Waals surface area contributed by atoms with E-state index in [1.165, 1.54) is 12.5 Å². The van der Waals surface area contributed by atoms with E-state index < -0.39 is 9.84 Å². The summed E-state index contributed by atoms with van der Waals surface area (Å²) in [5, 5.41) is 8.76. The van der Waals surface area contributed by atoms with E-state index in [0.29, 0.717) is 24.5 Å². The summed E-state index contributed by atoms with van der Waals surface area (Å²) >= 11 is 0. The Kier molecular flexibility index (Phi) is 4.70. The molecule has 0 saturated carbocycles. The van der Waals surface area contributed by atoms with Crippen molar-refractivity contribution in [1.82, 2.24) is 4.98 Å². The zero-order valence-corrected chi connectivity index (χ0v) is 9.90. The van der Waals surface area contributed by atoms with Crippen molar-refractivity contribution in [2.75, 3.05) is 18.6 Å². The van der Waals surface area contributed by atoms with E-state index >= 15 is 0 Å². The van der Waals surface area contributed by atoms with Gasteiger partial charge in [0.2, 0.25) is 0 Å². The van der Waals surface area contributed by atoms with E-state index in [-0.39, 0.29) is 12.4 Å². The molecule has 0 bridgehead atoms. The molecule has 6 heteroatoms. The lowest BCUT2D eigenvalue weighted by molar-refractivity contribution is 0.275. The standard InChI is InChI=1S/C10H15NO4S/c1-16(13,14)6-2-5-15-10-4-3-9(8-12)11-7-10/h3-4,7,12H,2,5-6,8H2,1H3. The average Bonchev–Trinajstić information content (AvgIpc) is 2.24. The zero-order valence-electron chi connectivity index (χ0n) is 9.09. The summed E-state index contributed by atoms with van der Waals surface area (Å²) in [6.07, 6.45) is 3.16. The molecule has 1 aromatic heterocycles. The first-order chi connectivity index (χ1) is 7.51. The third-order valence-corrected chi connectivity index (χ3v) is 2.92. The minimum atomic E-state index is -2.92. The van der Waals surface area contributed by atoms with Crippen molar-refractivity contribution in [3.63, 3.8) is 0 Å². The van der Waals surface area contributed by atoms with Gasteiger partial charge in [-0.3, -0.25) is 4.98 Å². The van der Waals surface area contributed by atoms with Crippen LogP contribution >= 0.6 is 0 Å².